The van der Waals surface area contributed by atoms with E-state index in [0.717, 1.165) is 22.3 Å². The number of ether oxygens (including phenoxy) is 1. The fourth-order valence-corrected chi connectivity index (χ4v) is 5.95. The van der Waals surface area contributed by atoms with E-state index >= 15 is 0 Å². The van der Waals surface area contributed by atoms with Crippen molar-refractivity contribution in [3.8, 4) is 11.1 Å². The molecule has 33 heavy (non-hydrogen) atoms. The Hall–Kier alpha value is -3.35. The molecule has 7 nitrogen and oxygen atoms in total. The third kappa shape index (κ3) is 3.21. The first-order valence-corrected chi connectivity index (χ1v) is 11.6. The SMILES string of the molecule is O=C(NC1(C(=O)NC2CC3CC3(C(=O)O)C2)CC1)OCC1c2ccccc2-c2ccccc21. The van der Waals surface area contributed by atoms with Crippen molar-refractivity contribution in [1.29, 1.82) is 0 Å². The van der Waals surface area contributed by atoms with Crippen molar-refractivity contribution in [1.82, 2.24) is 10.6 Å². The third-order valence-electron chi connectivity index (χ3n) is 8.04. The van der Waals surface area contributed by atoms with Crippen molar-refractivity contribution < 1.29 is 24.2 Å². The maximum atomic E-state index is 12.9. The summed E-state index contributed by atoms with van der Waals surface area (Å²) in [6, 6.07) is 16.1. The second-order valence-corrected chi connectivity index (χ2v) is 10.0. The lowest BCUT2D eigenvalue weighted by Gasteiger charge is -2.22. The molecular formula is C26H26N2O5. The molecule has 3 atom stereocenters. The summed E-state index contributed by atoms with van der Waals surface area (Å²) in [5.74, 6) is -0.875. The highest BCUT2D eigenvalue weighted by Crippen LogP contribution is 2.63. The number of carbonyl (C=O) groups excluding carboxylic acids is 2. The Morgan fingerprint density at radius 3 is 2.18 bits per heavy atom. The monoisotopic (exact) mass is 446 g/mol. The number of amides is 2. The maximum Gasteiger partial charge on any atom is 0.408 e. The molecule has 3 N–H and O–H groups in total. The number of alkyl carbamates (subject to hydrolysis) is 1. The van der Waals surface area contributed by atoms with Crippen molar-refractivity contribution in [2.75, 3.05) is 6.61 Å². The molecule has 3 saturated carbocycles. The Bertz CT molecular complexity index is 1130. The predicted octanol–water partition coefficient (Wildman–Crippen LogP) is 3.43. The van der Waals surface area contributed by atoms with Gasteiger partial charge in [0.1, 0.15) is 12.1 Å². The van der Waals surface area contributed by atoms with Crippen LogP contribution in [0.1, 0.15) is 49.1 Å². The molecule has 0 spiro atoms. The lowest BCUT2D eigenvalue weighted by atomic mass is 9.98. The molecule has 4 aliphatic rings. The highest BCUT2D eigenvalue weighted by Gasteiger charge is 2.66. The van der Waals surface area contributed by atoms with Gasteiger partial charge in [0.15, 0.2) is 0 Å². The standard InChI is InChI=1S/C26H26N2O5/c29-22(27-16-11-15-12-25(15,13-16)23(30)31)26(9-10-26)28-24(32)33-14-21-19-7-3-1-5-17(19)18-6-2-4-8-20(18)21/h1-8,15-16,21H,9-14H2,(H,27,29)(H,28,32)(H,30,31). The summed E-state index contributed by atoms with van der Waals surface area (Å²) < 4.78 is 5.60. The van der Waals surface area contributed by atoms with Crippen LogP contribution in [0.15, 0.2) is 48.5 Å². The summed E-state index contributed by atoms with van der Waals surface area (Å²) in [6.45, 7) is 0.197. The normalized spacial score (nSPS) is 27.6. The molecule has 4 aliphatic carbocycles. The van der Waals surface area contributed by atoms with E-state index in [9.17, 15) is 19.5 Å². The minimum atomic E-state index is -0.939. The van der Waals surface area contributed by atoms with Gasteiger partial charge in [-0.15, -0.1) is 0 Å². The molecular weight excluding hydrogens is 420 g/mol. The van der Waals surface area contributed by atoms with E-state index < -0.39 is 23.0 Å². The van der Waals surface area contributed by atoms with E-state index in [0.29, 0.717) is 32.1 Å². The summed E-state index contributed by atoms with van der Waals surface area (Å²) in [4.78, 5) is 37.0. The number of carboxylic acid groups (broad SMARTS) is 1. The van der Waals surface area contributed by atoms with Gasteiger partial charge in [0.2, 0.25) is 5.91 Å². The number of benzene rings is 2. The van der Waals surface area contributed by atoms with Crippen LogP contribution in [-0.4, -0.2) is 41.3 Å². The van der Waals surface area contributed by atoms with E-state index in [-0.39, 0.29) is 30.4 Å². The maximum absolute atomic E-state index is 12.9. The summed E-state index contributed by atoms with van der Waals surface area (Å²) in [6.07, 6.45) is 2.39. The zero-order valence-electron chi connectivity index (χ0n) is 18.2. The summed E-state index contributed by atoms with van der Waals surface area (Å²) in [5, 5.41) is 15.2. The van der Waals surface area contributed by atoms with Crippen LogP contribution in [0.2, 0.25) is 0 Å². The van der Waals surface area contributed by atoms with Gasteiger partial charge in [0.25, 0.3) is 0 Å². The highest BCUT2D eigenvalue weighted by molar-refractivity contribution is 5.93. The van der Waals surface area contributed by atoms with Gasteiger partial charge in [0.05, 0.1) is 5.41 Å². The van der Waals surface area contributed by atoms with Gasteiger partial charge in [-0.1, -0.05) is 48.5 Å². The molecule has 0 saturated heterocycles. The summed E-state index contributed by atoms with van der Waals surface area (Å²) in [5.41, 5.74) is 3.01. The van der Waals surface area contributed by atoms with Crippen molar-refractivity contribution in [2.45, 2.75) is 49.6 Å². The van der Waals surface area contributed by atoms with E-state index in [2.05, 4.69) is 34.9 Å². The minimum Gasteiger partial charge on any atom is -0.481 e. The van der Waals surface area contributed by atoms with Gasteiger partial charge >= 0.3 is 12.1 Å². The molecule has 170 valence electrons. The van der Waals surface area contributed by atoms with Crippen LogP contribution in [0.25, 0.3) is 11.1 Å². The predicted molar refractivity (Wildman–Crippen MR) is 120 cm³/mol. The number of aliphatic carboxylic acids is 1. The molecule has 3 unspecified atom stereocenters. The molecule has 0 radical (unpaired) electrons. The minimum absolute atomic E-state index is 0.0375. The van der Waals surface area contributed by atoms with Gasteiger partial charge in [-0.05, 0) is 60.3 Å². The third-order valence-corrected chi connectivity index (χ3v) is 8.04. The van der Waals surface area contributed by atoms with Gasteiger partial charge in [-0.3, -0.25) is 9.59 Å². The van der Waals surface area contributed by atoms with E-state index in [1.807, 2.05) is 24.3 Å². The lowest BCUT2D eigenvalue weighted by Crippen LogP contribution is -2.51. The molecule has 0 aliphatic heterocycles. The highest BCUT2D eigenvalue weighted by atomic mass is 16.5. The first kappa shape index (κ1) is 20.3. The fourth-order valence-electron chi connectivity index (χ4n) is 5.95. The van der Waals surface area contributed by atoms with Crippen molar-refractivity contribution >= 4 is 18.0 Å². The van der Waals surface area contributed by atoms with Gasteiger partial charge in [-0.25, -0.2) is 4.79 Å². The van der Waals surface area contributed by atoms with Crippen LogP contribution in [0, 0.1) is 11.3 Å². The second-order valence-electron chi connectivity index (χ2n) is 10.0. The zero-order chi connectivity index (χ0) is 22.8. The Morgan fingerprint density at radius 2 is 1.61 bits per heavy atom. The van der Waals surface area contributed by atoms with Crippen LogP contribution < -0.4 is 10.6 Å². The average Bonchev–Trinajstić information content (AvgIpc) is 3.67. The fraction of sp³-hybridized carbons (Fsp3) is 0.423. The lowest BCUT2D eigenvalue weighted by molar-refractivity contribution is -0.143. The second kappa shape index (κ2) is 7.07. The van der Waals surface area contributed by atoms with Gasteiger partial charge in [0, 0.05) is 12.0 Å². The molecule has 0 aromatic heterocycles. The quantitative estimate of drug-likeness (QED) is 0.631. The van der Waals surface area contributed by atoms with Crippen molar-refractivity contribution in [3.63, 3.8) is 0 Å². The van der Waals surface area contributed by atoms with Gasteiger partial charge in [-0.2, -0.15) is 0 Å². The molecule has 0 bridgehead atoms. The number of nitrogens with one attached hydrogen (secondary N) is 2. The molecule has 2 aromatic rings. The first-order chi connectivity index (χ1) is 15.9. The van der Waals surface area contributed by atoms with E-state index in [4.69, 9.17) is 4.74 Å². The van der Waals surface area contributed by atoms with Crippen LogP contribution in [0.4, 0.5) is 4.79 Å². The number of fused-ring (bicyclic) bond motifs is 4. The van der Waals surface area contributed by atoms with Gasteiger partial charge < -0.3 is 20.5 Å². The molecule has 3 fully saturated rings. The van der Waals surface area contributed by atoms with Crippen molar-refractivity contribution in [2.24, 2.45) is 11.3 Å². The van der Waals surface area contributed by atoms with Crippen LogP contribution in [-0.2, 0) is 14.3 Å². The number of hydrogen-bond acceptors (Lipinski definition) is 4. The number of rotatable bonds is 6. The first-order valence-electron chi connectivity index (χ1n) is 11.6. The topological polar surface area (TPSA) is 105 Å². The Kier molecular flexibility index (Phi) is 4.34. The molecule has 0 heterocycles. The zero-order valence-corrected chi connectivity index (χ0v) is 18.2. The summed E-state index contributed by atoms with van der Waals surface area (Å²) in [7, 11) is 0. The number of hydrogen-bond donors (Lipinski definition) is 3. The molecule has 6 rings (SSSR count). The van der Waals surface area contributed by atoms with Crippen molar-refractivity contribution in [3.05, 3.63) is 59.7 Å². The van der Waals surface area contributed by atoms with E-state index in [1.165, 1.54) is 0 Å². The number of carbonyl (C=O) groups is 3. The van der Waals surface area contributed by atoms with Crippen LogP contribution in [0.5, 0.6) is 0 Å². The van der Waals surface area contributed by atoms with E-state index in [1.54, 1.807) is 0 Å². The summed E-state index contributed by atoms with van der Waals surface area (Å²) >= 11 is 0. The number of carboxylic acids is 1. The Labute approximate surface area is 191 Å². The average molecular weight is 447 g/mol. The van der Waals surface area contributed by atoms with Crippen LogP contribution in [0.3, 0.4) is 0 Å². The molecule has 2 amide bonds. The molecule has 7 heteroatoms. The largest absolute Gasteiger partial charge is 0.481 e. The Balaban J connectivity index is 1.07. The molecule has 2 aromatic carbocycles. The smallest absolute Gasteiger partial charge is 0.408 e. The van der Waals surface area contributed by atoms with Crippen LogP contribution >= 0.6 is 0 Å². The Morgan fingerprint density at radius 1 is 0.970 bits per heavy atom.